The topological polar surface area (TPSA) is 0 Å². The standard InChI is InChI=1S/C21H14/c1-13-6-4-9-17-19-12-14-7-2-3-8-15(14)16-10-5-11-18(20(13)17)21(16)19/h2-12H,1H3. The van der Waals surface area contributed by atoms with E-state index in [0.29, 0.717) is 0 Å². The molecule has 5 rings (SSSR count). The third-order valence-corrected chi connectivity index (χ3v) is 4.72. The van der Waals surface area contributed by atoms with Crippen molar-refractivity contribution in [3.05, 3.63) is 72.3 Å². The smallest absolute Gasteiger partial charge is 0.00198 e. The molecule has 4 aromatic rings. The van der Waals surface area contributed by atoms with Crippen molar-refractivity contribution >= 4 is 21.5 Å². The zero-order valence-corrected chi connectivity index (χ0v) is 11.9. The lowest BCUT2D eigenvalue weighted by Gasteiger charge is -2.07. The third kappa shape index (κ3) is 1.30. The van der Waals surface area contributed by atoms with E-state index in [-0.39, 0.29) is 0 Å². The van der Waals surface area contributed by atoms with Crippen LogP contribution in [0.5, 0.6) is 0 Å². The molecule has 1 aliphatic rings. The maximum absolute atomic E-state index is 2.35. The van der Waals surface area contributed by atoms with E-state index in [4.69, 9.17) is 0 Å². The Hall–Kier alpha value is -2.60. The maximum atomic E-state index is 2.35. The van der Waals surface area contributed by atoms with Crippen molar-refractivity contribution in [1.29, 1.82) is 0 Å². The molecule has 0 saturated carbocycles. The van der Waals surface area contributed by atoms with Crippen LogP contribution in [0.1, 0.15) is 5.56 Å². The van der Waals surface area contributed by atoms with E-state index in [1.54, 1.807) is 0 Å². The fourth-order valence-electron chi connectivity index (χ4n) is 3.83. The molecule has 1 aliphatic carbocycles. The minimum Gasteiger partial charge on any atom is -0.0616 e. The van der Waals surface area contributed by atoms with Crippen LogP contribution in [0.3, 0.4) is 0 Å². The van der Waals surface area contributed by atoms with E-state index < -0.39 is 0 Å². The van der Waals surface area contributed by atoms with Crippen molar-refractivity contribution in [1.82, 2.24) is 0 Å². The monoisotopic (exact) mass is 266 g/mol. The van der Waals surface area contributed by atoms with Crippen molar-refractivity contribution in [2.75, 3.05) is 0 Å². The van der Waals surface area contributed by atoms with E-state index in [9.17, 15) is 0 Å². The molecule has 21 heavy (non-hydrogen) atoms. The Morgan fingerprint density at radius 2 is 1.38 bits per heavy atom. The van der Waals surface area contributed by atoms with Gasteiger partial charge >= 0.3 is 0 Å². The highest BCUT2D eigenvalue weighted by atomic mass is 14.3. The van der Waals surface area contributed by atoms with Crippen LogP contribution in [-0.4, -0.2) is 0 Å². The first-order chi connectivity index (χ1) is 10.3. The highest BCUT2D eigenvalue weighted by molar-refractivity contribution is 6.23. The molecule has 0 unspecified atom stereocenters. The largest absolute Gasteiger partial charge is 0.0616 e. The summed E-state index contributed by atoms with van der Waals surface area (Å²) in [6.45, 7) is 2.21. The van der Waals surface area contributed by atoms with Crippen LogP contribution in [-0.2, 0) is 0 Å². The fourth-order valence-corrected chi connectivity index (χ4v) is 3.83. The van der Waals surface area contributed by atoms with Crippen LogP contribution in [0.2, 0.25) is 0 Å². The maximum Gasteiger partial charge on any atom is -0.00198 e. The van der Waals surface area contributed by atoms with Crippen LogP contribution >= 0.6 is 0 Å². The lowest BCUT2D eigenvalue weighted by atomic mass is 9.97. The van der Waals surface area contributed by atoms with Gasteiger partial charge in [0.1, 0.15) is 0 Å². The van der Waals surface area contributed by atoms with Crippen molar-refractivity contribution < 1.29 is 0 Å². The predicted molar refractivity (Wildman–Crippen MR) is 90.6 cm³/mol. The second-order valence-corrected chi connectivity index (χ2v) is 5.87. The van der Waals surface area contributed by atoms with Crippen LogP contribution in [0, 0.1) is 6.92 Å². The molecule has 0 radical (unpaired) electrons. The molecular weight excluding hydrogens is 252 g/mol. The van der Waals surface area contributed by atoms with Gasteiger partial charge in [0.25, 0.3) is 0 Å². The second kappa shape index (κ2) is 3.73. The van der Waals surface area contributed by atoms with Gasteiger partial charge in [-0.15, -0.1) is 0 Å². The molecule has 0 bridgehead atoms. The summed E-state index contributed by atoms with van der Waals surface area (Å²) in [6, 6.07) is 24.4. The average molecular weight is 266 g/mol. The van der Waals surface area contributed by atoms with Gasteiger partial charge in [-0.2, -0.15) is 0 Å². The third-order valence-electron chi connectivity index (χ3n) is 4.72. The zero-order chi connectivity index (χ0) is 14.0. The highest BCUT2D eigenvalue weighted by Gasteiger charge is 2.23. The molecule has 0 aromatic heterocycles. The van der Waals surface area contributed by atoms with Gasteiger partial charge in [0.2, 0.25) is 0 Å². The molecule has 0 nitrogen and oxygen atoms in total. The lowest BCUT2D eigenvalue weighted by Crippen LogP contribution is -1.80. The quantitative estimate of drug-likeness (QED) is 0.304. The molecule has 4 aromatic carbocycles. The molecule has 0 N–H and O–H groups in total. The first kappa shape index (κ1) is 11.1. The van der Waals surface area contributed by atoms with Crippen molar-refractivity contribution in [3.63, 3.8) is 0 Å². The number of hydrogen-bond acceptors (Lipinski definition) is 0. The van der Waals surface area contributed by atoms with Gasteiger partial charge in [-0.1, -0.05) is 60.7 Å². The van der Waals surface area contributed by atoms with Crippen molar-refractivity contribution in [3.8, 4) is 22.3 Å². The normalized spacial score (nSPS) is 12.0. The summed E-state index contributed by atoms with van der Waals surface area (Å²) in [5.41, 5.74) is 6.93. The SMILES string of the molecule is Cc1cccc2c1-c1cccc3c1c-2cc1ccccc13. The summed E-state index contributed by atoms with van der Waals surface area (Å²) in [7, 11) is 0. The van der Waals surface area contributed by atoms with Gasteiger partial charge in [0, 0.05) is 0 Å². The van der Waals surface area contributed by atoms with Crippen molar-refractivity contribution in [2.24, 2.45) is 0 Å². The Morgan fingerprint density at radius 1 is 0.619 bits per heavy atom. The van der Waals surface area contributed by atoms with E-state index in [0.717, 1.165) is 0 Å². The first-order valence-corrected chi connectivity index (χ1v) is 7.39. The first-order valence-electron chi connectivity index (χ1n) is 7.39. The number of hydrogen-bond donors (Lipinski definition) is 0. The van der Waals surface area contributed by atoms with Gasteiger partial charge in [-0.05, 0) is 62.4 Å². The highest BCUT2D eigenvalue weighted by Crippen LogP contribution is 2.50. The van der Waals surface area contributed by atoms with Gasteiger partial charge < -0.3 is 0 Å². The van der Waals surface area contributed by atoms with E-state index >= 15 is 0 Å². The zero-order valence-electron chi connectivity index (χ0n) is 11.9. The number of fused-ring (bicyclic) bond motifs is 5. The molecule has 0 aliphatic heterocycles. The molecule has 0 spiro atoms. The van der Waals surface area contributed by atoms with Crippen molar-refractivity contribution in [2.45, 2.75) is 6.92 Å². The number of benzene rings is 4. The predicted octanol–water partition coefficient (Wildman–Crippen LogP) is 5.95. The summed E-state index contributed by atoms with van der Waals surface area (Å²) in [4.78, 5) is 0. The Balaban J connectivity index is 2.11. The van der Waals surface area contributed by atoms with Crippen LogP contribution in [0.4, 0.5) is 0 Å². The Kier molecular flexibility index (Phi) is 1.97. The van der Waals surface area contributed by atoms with Crippen LogP contribution in [0.25, 0.3) is 43.8 Å². The molecule has 0 heteroatoms. The molecule has 98 valence electrons. The van der Waals surface area contributed by atoms with Gasteiger partial charge in [-0.25, -0.2) is 0 Å². The summed E-state index contributed by atoms with van der Waals surface area (Å²) in [5.74, 6) is 0. The van der Waals surface area contributed by atoms with Crippen LogP contribution in [0.15, 0.2) is 66.7 Å². The van der Waals surface area contributed by atoms with E-state index in [1.165, 1.54) is 49.4 Å². The summed E-state index contributed by atoms with van der Waals surface area (Å²) < 4.78 is 0. The van der Waals surface area contributed by atoms with Crippen LogP contribution < -0.4 is 0 Å². The molecule has 0 atom stereocenters. The van der Waals surface area contributed by atoms with E-state index in [2.05, 4.69) is 73.7 Å². The summed E-state index contributed by atoms with van der Waals surface area (Å²) in [6.07, 6.45) is 0. The Morgan fingerprint density at radius 3 is 2.33 bits per heavy atom. The minimum absolute atomic E-state index is 1.33. The second-order valence-electron chi connectivity index (χ2n) is 5.87. The Labute approximate surface area is 123 Å². The van der Waals surface area contributed by atoms with Gasteiger partial charge in [0.05, 0.1) is 0 Å². The minimum atomic E-state index is 1.33. The summed E-state index contributed by atoms with van der Waals surface area (Å²) >= 11 is 0. The fraction of sp³-hybridized carbons (Fsp3) is 0.0476. The molecule has 0 amide bonds. The Bertz CT molecular complexity index is 1040. The van der Waals surface area contributed by atoms with Gasteiger partial charge in [0.15, 0.2) is 0 Å². The van der Waals surface area contributed by atoms with Gasteiger partial charge in [-0.3, -0.25) is 0 Å². The molecule has 0 fully saturated rings. The van der Waals surface area contributed by atoms with E-state index in [1.807, 2.05) is 0 Å². The molecule has 0 heterocycles. The lowest BCUT2D eigenvalue weighted by molar-refractivity contribution is 1.48. The summed E-state index contributed by atoms with van der Waals surface area (Å²) in [5, 5.41) is 5.46. The number of aryl methyl sites for hydroxylation is 1. The number of rotatable bonds is 0. The average Bonchev–Trinajstić information content (AvgIpc) is 2.85. The molecular formula is C21H14. The molecule has 0 saturated heterocycles.